The third-order valence-corrected chi connectivity index (χ3v) is 5.32. The van der Waals surface area contributed by atoms with E-state index in [9.17, 15) is 13.2 Å². The summed E-state index contributed by atoms with van der Waals surface area (Å²) in [6.07, 6.45) is 0. The highest BCUT2D eigenvalue weighted by Gasteiger charge is 2.14. The number of benzene rings is 2. The lowest BCUT2D eigenvalue weighted by molar-refractivity contribution is 0.251. The number of hydrogen-bond donors (Lipinski definition) is 3. The van der Waals surface area contributed by atoms with Gasteiger partial charge in [0, 0.05) is 17.9 Å². The van der Waals surface area contributed by atoms with Gasteiger partial charge in [-0.05, 0) is 53.8 Å². The van der Waals surface area contributed by atoms with Crippen LogP contribution in [0.4, 0.5) is 16.2 Å². The maximum Gasteiger partial charge on any atom is 0.319 e. The highest BCUT2D eigenvalue weighted by atomic mass is 32.2. The van der Waals surface area contributed by atoms with Crippen LogP contribution in [-0.2, 0) is 10.0 Å². The van der Waals surface area contributed by atoms with Crippen LogP contribution in [0.1, 0.15) is 39.2 Å². The first-order valence-corrected chi connectivity index (χ1v) is 10.4. The average molecular weight is 390 g/mol. The second kappa shape index (κ2) is 8.90. The molecule has 0 bridgehead atoms. The Morgan fingerprint density at radius 3 is 1.96 bits per heavy atom. The third-order valence-electron chi connectivity index (χ3n) is 3.92. The second-order valence-corrected chi connectivity index (χ2v) is 8.82. The minimum absolute atomic E-state index is 0.128. The fourth-order valence-electron chi connectivity index (χ4n) is 2.34. The fourth-order valence-corrected chi connectivity index (χ4v) is 3.40. The maximum atomic E-state index is 12.5. The minimum atomic E-state index is -3.69. The molecular formula is C20H27N3O3S. The van der Waals surface area contributed by atoms with Crippen LogP contribution in [0.15, 0.2) is 53.4 Å². The highest BCUT2D eigenvalue weighted by Crippen LogP contribution is 2.21. The zero-order chi connectivity index (χ0) is 20.0. The molecule has 0 aromatic heterocycles. The van der Waals surface area contributed by atoms with Crippen LogP contribution in [0, 0.1) is 5.92 Å². The quantitative estimate of drug-likeness (QED) is 0.656. The SMILES string of the molecule is CC(C)CNC(=O)Nc1ccc(S(=O)(=O)Nc2ccc(C(C)C)cc2)cc1. The van der Waals surface area contributed by atoms with Crippen molar-refractivity contribution >= 4 is 27.4 Å². The van der Waals surface area contributed by atoms with Crippen LogP contribution < -0.4 is 15.4 Å². The normalized spacial score (nSPS) is 11.5. The Morgan fingerprint density at radius 2 is 1.44 bits per heavy atom. The summed E-state index contributed by atoms with van der Waals surface area (Å²) in [6.45, 7) is 8.74. The molecule has 2 amide bonds. The van der Waals surface area contributed by atoms with E-state index in [1.54, 1.807) is 24.3 Å². The number of rotatable bonds is 7. The van der Waals surface area contributed by atoms with Crippen molar-refractivity contribution in [2.75, 3.05) is 16.6 Å². The minimum Gasteiger partial charge on any atom is -0.338 e. The van der Waals surface area contributed by atoms with Gasteiger partial charge in [0.1, 0.15) is 0 Å². The number of anilines is 2. The van der Waals surface area contributed by atoms with Crippen LogP contribution in [0.25, 0.3) is 0 Å². The molecule has 2 rings (SSSR count). The molecule has 0 aliphatic carbocycles. The van der Waals surface area contributed by atoms with Crippen molar-refractivity contribution in [3.63, 3.8) is 0 Å². The molecule has 0 fully saturated rings. The van der Waals surface area contributed by atoms with Crippen molar-refractivity contribution in [3.05, 3.63) is 54.1 Å². The Kier molecular flexibility index (Phi) is 6.85. The molecule has 0 spiro atoms. The van der Waals surface area contributed by atoms with Crippen molar-refractivity contribution in [2.24, 2.45) is 5.92 Å². The molecule has 146 valence electrons. The first-order chi connectivity index (χ1) is 12.7. The third kappa shape index (κ3) is 6.29. The van der Waals surface area contributed by atoms with E-state index in [4.69, 9.17) is 0 Å². The molecule has 0 saturated carbocycles. The summed E-state index contributed by atoms with van der Waals surface area (Å²) in [5.74, 6) is 0.734. The van der Waals surface area contributed by atoms with Gasteiger partial charge in [-0.1, -0.05) is 39.8 Å². The van der Waals surface area contributed by atoms with Crippen molar-refractivity contribution in [3.8, 4) is 0 Å². The van der Waals surface area contributed by atoms with Crippen LogP contribution in [0.2, 0.25) is 0 Å². The van der Waals surface area contributed by atoms with Gasteiger partial charge in [0.2, 0.25) is 0 Å². The standard InChI is InChI=1S/C20H27N3O3S/c1-14(2)13-21-20(24)22-17-9-11-19(12-10-17)27(25,26)23-18-7-5-16(6-8-18)15(3)4/h5-12,14-15,23H,13H2,1-4H3,(H2,21,22,24). The van der Waals surface area contributed by atoms with Crippen LogP contribution in [0.3, 0.4) is 0 Å². The summed E-state index contributed by atoms with van der Waals surface area (Å²) < 4.78 is 27.6. The summed E-state index contributed by atoms with van der Waals surface area (Å²) in [5, 5.41) is 5.42. The monoisotopic (exact) mass is 389 g/mol. The van der Waals surface area contributed by atoms with Crippen molar-refractivity contribution in [1.29, 1.82) is 0 Å². The zero-order valence-electron chi connectivity index (χ0n) is 16.1. The Hall–Kier alpha value is -2.54. The van der Waals surface area contributed by atoms with Gasteiger partial charge in [-0.3, -0.25) is 4.72 Å². The van der Waals surface area contributed by atoms with Crippen molar-refractivity contribution in [1.82, 2.24) is 5.32 Å². The van der Waals surface area contributed by atoms with Gasteiger partial charge in [0.15, 0.2) is 0 Å². The van der Waals surface area contributed by atoms with Gasteiger partial charge in [-0.25, -0.2) is 13.2 Å². The molecule has 27 heavy (non-hydrogen) atoms. The molecule has 3 N–H and O–H groups in total. The van der Waals surface area contributed by atoms with Crippen LogP contribution in [0.5, 0.6) is 0 Å². The molecule has 0 unspecified atom stereocenters. The number of amides is 2. The van der Waals surface area contributed by atoms with E-state index in [0.29, 0.717) is 29.8 Å². The molecule has 0 aliphatic heterocycles. The van der Waals surface area contributed by atoms with E-state index < -0.39 is 10.0 Å². The van der Waals surface area contributed by atoms with Crippen LogP contribution >= 0.6 is 0 Å². The van der Waals surface area contributed by atoms with Gasteiger partial charge in [-0.15, -0.1) is 0 Å². The molecule has 2 aromatic carbocycles. The molecule has 7 heteroatoms. The van der Waals surface area contributed by atoms with Crippen LogP contribution in [-0.4, -0.2) is 21.0 Å². The number of carbonyl (C=O) groups excluding carboxylic acids is 1. The number of hydrogen-bond acceptors (Lipinski definition) is 3. The molecule has 2 aromatic rings. The average Bonchev–Trinajstić information content (AvgIpc) is 2.60. The first kappa shape index (κ1) is 20.8. The van der Waals surface area contributed by atoms with E-state index in [2.05, 4.69) is 29.2 Å². The van der Waals surface area contributed by atoms with E-state index in [-0.39, 0.29) is 10.9 Å². The Balaban J connectivity index is 2.03. The lowest BCUT2D eigenvalue weighted by atomic mass is 10.0. The molecule has 0 atom stereocenters. The number of sulfonamides is 1. The summed E-state index contributed by atoms with van der Waals surface area (Å²) in [4.78, 5) is 11.9. The van der Waals surface area contributed by atoms with E-state index >= 15 is 0 Å². The largest absolute Gasteiger partial charge is 0.338 e. The van der Waals surface area contributed by atoms with Gasteiger partial charge >= 0.3 is 6.03 Å². The summed E-state index contributed by atoms with van der Waals surface area (Å²) >= 11 is 0. The van der Waals surface area contributed by atoms with E-state index in [1.165, 1.54) is 12.1 Å². The topological polar surface area (TPSA) is 87.3 Å². The maximum absolute atomic E-state index is 12.5. The summed E-state index contributed by atoms with van der Waals surface area (Å²) in [6, 6.07) is 13.0. The Labute approximate surface area is 161 Å². The fraction of sp³-hybridized carbons (Fsp3) is 0.350. The predicted octanol–water partition coefficient (Wildman–Crippen LogP) is 4.39. The molecule has 0 saturated heterocycles. The molecule has 0 aliphatic rings. The van der Waals surface area contributed by atoms with Gasteiger partial charge < -0.3 is 10.6 Å². The van der Waals surface area contributed by atoms with Gasteiger partial charge in [0.25, 0.3) is 10.0 Å². The number of carbonyl (C=O) groups is 1. The summed E-state index contributed by atoms with van der Waals surface area (Å²) in [7, 11) is -3.69. The lowest BCUT2D eigenvalue weighted by Crippen LogP contribution is -2.31. The van der Waals surface area contributed by atoms with Gasteiger partial charge in [-0.2, -0.15) is 0 Å². The van der Waals surface area contributed by atoms with Gasteiger partial charge in [0.05, 0.1) is 4.90 Å². The molecule has 0 heterocycles. The smallest absolute Gasteiger partial charge is 0.319 e. The van der Waals surface area contributed by atoms with E-state index in [0.717, 1.165) is 5.56 Å². The highest BCUT2D eigenvalue weighted by molar-refractivity contribution is 7.92. The molecular weight excluding hydrogens is 362 g/mol. The zero-order valence-corrected chi connectivity index (χ0v) is 16.9. The lowest BCUT2D eigenvalue weighted by Gasteiger charge is -2.12. The molecule has 0 radical (unpaired) electrons. The first-order valence-electron chi connectivity index (χ1n) is 8.95. The second-order valence-electron chi connectivity index (χ2n) is 7.14. The Bertz CT molecular complexity index is 858. The number of urea groups is 1. The summed E-state index contributed by atoms with van der Waals surface area (Å²) in [5.41, 5.74) is 2.18. The molecule has 6 nitrogen and oxygen atoms in total. The van der Waals surface area contributed by atoms with E-state index in [1.807, 2.05) is 26.0 Å². The van der Waals surface area contributed by atoms with Crippen molar-refractivity contribution < 1.29 is 13.2 Å². The van der Waals surface area contributed by atoms with Crippen molar-refractivity contribution in [2.45, 2.75) is 38.5 Å². The Morgan fingerprint density at radius 1 is 0.889 bits per heavy atom. The number of nitrogens with one attached hydrogen (secondary N) is 3. The predicted molar refractivity (Wildman–Crippen MR) is 110 cm³/mol.